The largest absolute Gasteiger partial charge is 0.295 e. The molecule has 0 fully saturated rings. The SMILES string of the molecule is C=CCc1ccccc1C=C.CC(=O)c1ccccc1. The standard InChI is InChI=1S/C11H12.C8H8O/c1-3-7-11-9-6-5-8-10(11)4-2;1-7(9)8-5-3-2-4-6-8/h3-6,8-9H,1-2,7H2;2-6H,1H3. The molecule has 0 aliphatic rings. The van der Waals surface area contributed by atoms with Gasteiger partial charge in [-0.2, -0.15) is 0 Å². The van der Waals surface area contributed by atoms with E-state index in [1.165, 1.54) is 11.1 Å². The van der Waals surface area contributed by atoms with Crippen LogP contribution < -0.4 is 0 Å². The molecule has 0 unspecified atom stereocenters. The molecule has 102 valence electrons. The molecule has 2 aromatic carbocycles. The van der Waals surface area contributed by atoms with Crippen molar-refractivity contribution in [3.8, 4) is 0 Å². The van der Waals surface area contributed by atoms with Crippen molar-refractivity contribution >= 4 is 11.9 Å². The topological polar surface area (TPSA) is 17.1 Å². The maximum Gasteiger partial charge on any atom is 0.159 e. The molecule has 0 heterocycles. The van der Waals surface area contributed by atoms with Gasteiger partial charge in [0, 0.05) is 5.56 Å². The predicted molar refractivity (Wildman–Crippen MR) is 86.9 cm³/mol. The zero-order valence-corrected chi connectivity index (χ0v) is 11.9. The molecular formula is C19H20O. The number of ketones is 1. The lowest BCUT2D eigenvalue weighted by molar-refractivity contribution is 0.101. The highest BCUT2D eigenvalue weighted by atomic mass is 16.1. The minimum absolute atomic E-state index is 0.121. The smallest absolute Gasteiger partial charge is 0.159 e. The molecule has 1 nitrogen and oxygen atoms in total. The van der Waals surface area contributed by atoms with Gasteiger partial charge >= 0.3 is 0 Å². The maximum atomic E-state index is 10.6. The van der Waals surface area contributed by atoms with Crippen molar-refractivity contribution in [2.45, 2.75) is 13.3 Å². The third-order valence-corrected chi connectivity index (χ3v) is 2.82. The number of carbonyl (C=O) groups is 1. The Kier molecular flexibility index (Phi) is 6.77. The second-order valence-electron chi connectivity index (χ2n) is 4.32. The summed E-state index contributed by atoms with van der Waals surface area (Å²) in [4.78, 5) is 10.6. The monoisotopic (exact) mass is 264 g/mol. The van der Waals surface area contributed by atoms with Crippen LogP contribution in [-0.4, -0.2) is 5.78 Å². The molecule has 0 radical (unpaired) electrons. The lowest BCUT2D eigenvalue weighted by Crippen LogP contribution is -1.88. The summed E-state index contributed by atoms with van der Waals surface area (Å²) in [6, 6.07) is 17.4. The van der Waals surface area contributed by atoms with Crippen LogP contribution in [0, 0.1) is 0 Å². The van der Waals surface area contributed by atoms with Gasteiger partial charge in [-0.1, -0.05) is 73.3 Å². The van der Waals surface area contributed by atoms with Gasteiger partial charge < -0.3 is 0 Å². The normalized spacial score (nSPS) is 9.05. The molecule has 0 saturated heterocycles. The Hall–Kier alpha value is -2.41. The molecule has 0 amide bonds. The van der Waals surface area contributed by atoms with Crippen molar-refractivity contribution in [1.29, 1.82) is 0 Å². The number of Topliss-reactive ketones (excluding diaryl/α,β-unsaturated/α-hetero) is 1. The quantitative estimate of drug-likeness (QED) is 0.564. The van der Waals surface area contributed by atoms with E-state index in [9.17, 15) is 4.79 Å². The molecule has 1 heteroatoms. The Bertz CT molecular complexity index is 567. The van der Waals surface area contributed by atoms with E-state index >= 15 is 0 Å². The number of hydrogen-bond acceptors (Lipinski definition) is 1. The van der Waals surface area contributed by atoms with E-state index in [0.29, 0.717) is 0 Å². The Morgan fingerprint density at radius 1 is 1.00 bits per heavy atom. The van der Waals surface area contributed by atoms with Gasteiger partial charge in [-0.25, -0.2) is 0 Å². The van der Waals surface area contributed by atoms with Crippen molar-refractivity contribution in [2.24, 2.45) is 0 Å². The molecular weight excluding hydrogens is 244 g/mol. The molecule has 0 bridgehead atoms. The highest BCUT2D eigenvalue weighted by molar-refractivity contribution is 5.93. The first-order chi connectivity index (χ1) is 9.69. The average Bonchev–Trinajstić information content (AvgIpc) is 2.50. The van der Waals surface area contributed by atoms with E-state index in [0.717, 1.165) is 12.0 Å². The molecule has 0 aromatic heterocycles. The van der Waals surface area contributed by atoms with Crippen LogP contribution in [0.1, 0.15) is 28.4 Å². The third-order valence-electron chi connectivity index (χ3n) is 2.82. The molecule has 0 aliphatic carbocycles. The predicted octanol–water partition coefficient (Wildman–Crippen LogP) is 4.95. The van der Waals surface area contributed by atoms with E-state index in [1.54, 1.807) is 6.92 Å². The summed E-state index contributed by atoms with van der Waals surface area (Å²) in [6.07, 6.45) is 4.70. The molecule has 0 atom stereocenters. The second-order valence-corrected chi connectivity index (χ2v) is 4.32. The van der Waals surface area contributed by atoms with Crippen molar-refractivity contribution < 1.29 is 4.79 Å². The first-order valence-corrected chi connectivity index (χ1v) is 6.56. The molecule has 2 rings (SSSR count). The van der Waals surface area contributed by atoms with E-state index in [1.807, 2.05) is 54.6 Å². The van der Waals surface area contributed by atoms with Crippen LogP contribution in [-0.2, 0) is 6.42 Å². The van der Waals surface area contributed by atoms with Gasteiger partial charge in [-0.15, -0.1) is 6.58 Å². The van der Waals surface area contributed by atoms with E-state index < -0.39 is 0 Å². The molecule has 0 aliphatic heterocycles. The summed E-state index contributed by atoms with van der Waals surface area (Å²) in [6.45, 7) is 9.00. The van der Waals surface area contributed by atoms with Crippen LogP contribution in [0.5, 0.6) is 0 Å². The molecule has 20 heavy (non-hydrogen) atoms. The van der Waals surface area contributed by atoms with Crippen molar-refractivity contribution in [1.82, 2.24) is 0 Å². The lowest BCUT2D eigenvalue weighted by atomic mass is 10.1. The van der Waals surface area contributed by atoms with Crippen LogP contribution in [0.15, 0.2) is 73.8 Å². The van der Waals surface area contributed by atoms with Gasteiger partial charge in [0.05, 0.1) is 0 Å². The fraction of sp³-hybridized carbons (Fsp3) is 0.105. The van der Waals surface area contributed by atoms with Crippen LogP contribution in [0.3, 0.4) is 0 Å². The minimum Gasteiger partial charge on any atom is -0.295 e. The Labute approximate surface area is 121 Å². The summed E-state index contributed by atoms with van der Waals surface area (Å²) in [7, 11) is 0. The second kappa shape index (κ2) is 8.65. The van der Waals surface area contributed by atoms with Gasteiger partial charge in [-0.3, -0.25) is 4.79 Å². The van der Waals surface area contributed by atoms with Crippen LogP contribution in [0.4, 0.5) is 0 Å². The molecule has 2 aromatic rings. The number of carbonyl (C=O) groups excluding carboxylic acids is 1. The minimum atomic E-state index is 0.121. The number of hydrogen-bond donors (Lipinski definition) is 0. The lowest BCUT2D eigenvalue weighted by Gasteiger charge is -2.00. The Morgan fingerprint density at radius 3 is 2.10 bits per heavy atom. The molecule has 0 saturated carbocycles. The third kappa shape index (κ3) is 5.07. The fourth-order valence-corrected chi connectivity index (χ4v) is 1.75. The highest BCUT2D eigenvalue weighted by Crippen LogP contribution is 2.10. The number of allylic oxidation sites excluding steroid dienone is 1. The van der Waals surface area contributed by atoms with E-state index in [4.69, 9.17) is 0 Å². The highest BCUT2D eigenvalue weighted by Gasteiger charge is 1.93. The van der Waals surface area contributed by atoms with Crippen molar-refractivity contribution in [3.63, 3.8) is 0 Å². The van der Waals surface area contributed by atoms with Gasteiger partial charge in [0.2, 0.25) is 0 Å². The maximum absolute atomic E-state index is 10.6. The number of benzene rings is 2. The summed E-state index contributed by atoms with van der Waals surface area (Å²) in [5.74, 6) is 0.121. The van der Waals surface area contributed by atoms with Gasteiger partial charge in [-0.05, 0) is 24.5 Å². The van der Waals surface area contributed by atoms with Gasteiger partial charge in [0.15, 0.2) is 5.78 Å². The van der Waals surface area contributed by atoms with Crippen LogP contribution >= 0.6 is 0 Å². The van der Waals surface area contributed by atoms with Crippen molar-refractivity contribution in [2.75, 3.05) is 0 Å². The zero-order chi connectivity index (χ0) is 14.8. The molecule has 0 spiro atoms. The summed E-state index contributed by atoms with van der Waals surface area (Å²) in [5, 5.41) is 0. The summed E-state index contributed by atoms with van der Waals surface area (Å²) < 4.78 is 0. The first-order valence-electron chi connectivity index (χ1n) is 6.56. The molecule has 0 N–H and O–H groups in total. The number of rotatable bonds is 4. The summed E-state index contributed by atoms with van der Waals surface area (Å²) in [5.41, 5.74) is 3.27. The average molecular weight is 264 g/mol. The first kappa shape index (κ1) is 15.6. The fourth-order valence-electron chi connectivity index (χ4n) is 1.75. The Morgan fingerprint density at radius 2 is 1.60 bits per heavy atom. The van der Waals surface area contributed by atoms with E-state index in [2.05, 4.69) is 25.3 Å². The Balaban J connectivity index is 0.000000204. The van der Waals surface area contributed by atoms with Crippen molar-refractivity contribution in [3.05, 3.63) is 90.5 Å². The van der Waals surface area contributed by atoms with E-state index in [-0.39, 0.29) is 5.78 Å². The van der Waals surface area contributed by atoms with Crippen LogP contribution in [0.2, 0.25) is 0 Å². The van der Waals surface area contributed by atoms with Gasteiger partial charge in [0.1, 0.15) is 0 Å². The van der Waals surface area contributed by atoms with Gasteiger partial charge in [0.25, 0.3) is 0 Å². The van der Waals surface area contributed by atoms with Crippen LogP contribution in [0.25, 0.3) is 6.08 Å². The zero-order valence-electron chi connectivity index (χ0n) is 11.9. The summed E-state index contributed by atoms with van der Waals surface area (Å²) >= 11 is 0.